The summed E-state index contributed by atoms with van der Waals surface area (Å²) in [7, 11) is 0. The van der Waals surface area contributed by atoms with Crippen LogP contribution in [-0.2, 0) is 0 Å². The van der Waals surface area contributed by atoms with Crippen molar-refractivity contribution in [2.24, 2.45) is 5.92 Å². The van der Waals surface area contributed by atoms with Gasteiger partial charge in [0, 0.05) is 27.6 Å². The fourth-order valence-corrected chi connectivity index (χ4v) is 4.58. The molecule has 1 aliphatic carbocycles. The van der Waals surface area contributed by atoms with Crippen molar-refractivity contribution in [1.82, 2.24) is 4.90 Å². The van der Waals surface area contributed by atoms with Crippen LogP contribution in [0.2, 0.25) is 5.02 Å². The zero-order valence-corrected chi connectivity index (χ0v) is 13.8. The third-order valence-electron chi connectivity index (χ3n) is 4.61. The fourth-order valence-electron chi connectivity index (χ4n) is 3.72. The van der Waals surface area contributed by atoms with Crippen LogP contribution in [0.4, 0.5) is 0 Å². The summed E-state index contributed by atoms with van der Waals surface area (Å²) in [4.78, 5) is 14.9. The molecule has 1 heterocycles. The van der Waals surface area contributed by atoms with Crippen molar-refractivity contribution in [2.75, 3.05) is 6.54 Å². The third kappa shape index (κ3) is 2.89. The molecule has 20 heavy (non-hydrogen) atoms. The molecule has 4 heteroatoms. The van der Waals surface area contributed by atoms with E-state index in [4.69, 9.17) is 11.6 Å². The minimum absolute atomic E-state index is 0.141. The first kappa shape index (κ1) is 14.4. The Labute approximate surface area is 133 Å². The number of halogens is 2. The van der Waals surface area contributed by atoms with Gasteiger partial charge in [-0.2, -0.15) is 0 Å². The minimum atomic E-state index is 0.141. The zero-order valence-electron chi connectivity index (χ0n) is 11.4. The topological polar surface area (TPSA) is 20.3 Å². The highest BCUT2D eigenvalue weighted by molar-refractivity contribution is 9.10. The maximum absolute atomic E-state index is 12.8. The number of carbonyl (C=O) groups is 1. The molecule has 1 saturated heterocycles. The molecular formula is C16H19BrClNO. The van der Waals surface area contributed by atoms with E-state index >= 15 is 0 Å². The van der Waals surface area contributed by atoms with Crippen molar-refractivity contribution < 1.29 is 4.79 Å². The number of benzene rings is 1. The Kier molecular flexibility index (Phi) is 4.37. The molecule has 3 rings (SSSR count). The lowest BCUT2D eigenvalue weighted by Gasteiger charge is -2.29. The van der Waals surface area contributed by atoms with Crippen molar-refractivity contribution in [3.8, 4) is 0 Å². The average Bonchev–Trinajstić information content (AvgIpc) is 3.07. The molecule has 0 bridgehead atoms. The van der Waals surface area contributed by atoms with Gasteiger partial charge in [-0.25, -0.2) is 0 Å². The Morgan fingerprint density at radius 3 is 2.60 bits per heavy atom. The fraction of sp³-hybridized carbons (Fsp3) is 0.562. The molecule has 108 valence electrons. The number of hydrogen-bond donors (Lipinski definition) is 0. The van der Waals surface area contributed by atoms with Gasteiger partial charge in [-0.1, -0.05) is 40.4 Å². The second-order valence-corrected chi connectivity index (χ2v) is 7.26. The molecular weight excluding hydrogens is 338 g/mol. The van der Waals surface area contributed by atoms with E-state index in [1.54, 1.807) is 6.07 Å². The number of likely N-dealkylation sites (tertiary alicyclic amines) is 1. The van der Waals surface area contributed by atoms with Crippen LogP contribution in [0.15, 0.2) is 22.7 Å². The molecule has 2 nitrogen and oxygen atoms in total. The number of amides is 1. The summed E-state index contributed by atoms with van der Waals surface area (Å²) in [6.45, 7) is 0.893. The summed E-state index contributed by atoms with van der Waals surface area (Å²) in [6.07, 6.45) is 7.52. The van der Waals surface area contributed by atoms with Gasteiger partial charge in [0.05, 0.1) is 0 Å². The van der Waals surface area contributed by atoms with Gasteiger partial charge in [-0.15, -0.1) is 0 Å². The molecule has 1 amide bonds. The number of rotatable bonds is 2. The van der Waals surface area contributed by atoms with Gasteiger partial charge in [0.25, 0.3) is 5.91 Å². The Balaban J connectivity index is 1.81. The highest BCUT2D eigenvalue weighted by Gasteiger charge is 2.36. The summed E-state index contributed by atoms with van der Waals surface area (Å²) < 4.78 is 0.866. The first-order valence-electron chi connectivity index (χ1n) is 7.42. The van der Waals surface area contributed by atoms with Crippen LogP contribution in [0.3, 0.4) is 0 Å². The average molecular weight is 357 g/mol. The highest BCUT2D eigenvalue weighted by Crippen LogP contribution is 2.36. The Bertz CT molecular complexity index is 493. The molecule has 1 saturated carbocycles. The lowest BCUT2D eigenvalue weighted by Crippen LogP contribution is -2.39. The molecule has 2 fully saturated rings. The number of carbonyl (C=O) groups excluding carboxylic acids is 1. The Morgan fingerprint density at radius 2 is 1.90 bits per heavy atom. The number of nitrogens with zero attached hydrogens (tertiary/aromatic N) is 1. The van der Waals surface area contributed by atoms with Crippen LogP contribution in [0.1, 0.15) is 48.9 Å². The first-order chi connectivity index (χ1) is 9.65. The van der Waals surface area contributed by atoms with Gasteiger partial charge in [0.2, 0.25) is 0 Å². The molecule has 0 radical (unpaired) electrons. The van der Waals surface area contributed by atoms with Crippen molar-refractivity contribution in [2.45, 2.75) is 44.6 Å². The summed E-state index contributed by atoms with van der Waals surface area (Å²) >= 11 is 9.48. The molecule has 1 unspecified atom stereocenters. The van der Waals surface area contributed by atoms with Crippen LogP contribution in [0, 0.1) is 5.92 Å². The molecule has 1 aliphatic heterocycles. The monoisotopic (exact) mass is 355 g/mol. The van der Waals surface area contributed by atoms with E-state index in [2.05, 4.69) is 20.8 Å². The number of hydrogen-bond acceptors (Lipinski definition) is 1. The maximum Gasteiger partial charge on any atom is 0.254 e. The third-order valence-corrected chi connectivity index (χ3v) is 5.29. The van der Waals surface area contributed by atoms with Crippen LogP contribution < -0.4 is 0 Å². The standard InChI is InChI=1S/C16H19BrClNO/c17-13-8-12(9-14(18)10-13)16(20)19-7-3-6-15(19)11-4-1-2-5-11/h8-11,15H,1-7H2. The van der Waals surface area contributed by atoms with Crippen LogP contribution >= 0.6 is 27.5 Å². The van der Waals surface area contributed by atoms with Gasteiger partial charge in [-0.3, -0.25) is 4.79 Å². The van der Waals surface area contributed by atoms with E-state index in [9.17, 15) is 4.79 Å². The van der Waals surface area contributed by atoms with E-state index in [1.165, 1.54) is 25.7 Å². The minimum Gasteiger partial charge on any atom is -0.335 e. The molecule has 0 aromatic heterocycles. The Morgan fingerprint density at radius 1 is 1.15 bits per heavy atom. The van der Waals surface area contributed by atoms with Gasteiger partial charge < -0.3 is 4.90 Å². The van der Waals surface area contributed by atoms with Gasteiger partial charge in [0.1, 0.15) is 0 Å². The quantitative estimate of drug-likeness (QED) is 0.738. The molecule has 0 spiro atoms. The second kappa shape index (κ2) is 6.07. The summed E-state index contributed by atoms with van der Waals surface area (Å²) in [5, 5.41) is 0.610. The van der Waals surface area contributed by atoms with Crippen molar-refractivity contribution in [3.05, 3.63) is 33.3 Å². The van der Waals surface area contributed by atoms with Crippen LogP contribution in [0.5, 0.6) is 0 Å². The van der Waals surface area contributed by atoms with E-state index in [1.807, 2.05) is 12.1 Å². The summed E-state index contributed by atoms with van der Waals surface area (Å²) in [6, 6.07) is 5.91. The van der Waals surface area contributed by atoms with E-state index < -0.39 is 0 Å². The van der Waals surface area contributed by atoms with Crippen LogP contribution in [-0.4, -0.2) is 23.4 Å². The molecule has 1 atom stereocenters. The lowest BCUT2D eigenvalue weighted by molar-refractivity contribution is 0.0689. The van der Waals surface area contributed by atoms with Gasteiger partial charge >= 0.3 is 0 Å². The molecule has 0 N–H and O–H groups in total. The van der Waals surface area contributed by atoms with Crippen molar-refractivity contribution in [3.63, 3.8) is 0 Å². The van der Waals surface area contributed by atoms with E-state index in [-0.39, 0.29) is 5.91 Å². The second-order valence-electron chi connectivity index (χ2n) is 5.91. The zero-order chi connectivity index (χ0) is 14.1. The van der Waals surface area contributed by atoms with E-state index in [0.717, 1.165) is 23.9 Å². The largest absolute Gasteiger partial charge is 0.335 e. The lowest BCUT2D eigenvalue weighted by atomic mass is 9.95. The van der Waals surface area contributed by atoms with Gasteiger partial charge in [0.15, 0.2) is 0 Å². The predicted molar refractivity (Wildman–Crippen MR) is 85.2 cm³/mol. The van der Waals surface area contributed by atoms with Gasteiger partial charge in [-0.05, 0) is 49.8 Å². The molecule has 2 aliphatic rings. The van der Waals surface area contributed by atoms with Crippen molar-refractivity contribution in [1.29, 1.82) is 0 Å². The summed E-state index contributed by atoms with van der Waals surface area (Å²) in [5.41, 5.74) is 0.703. The van der Waals surface area contributed by atoms with Crippen molar-refractivity contribution >= 4 is 33.4 Å². The van der Waals surface area contributed by atoms with Crippen LogP contribution in [0.25, 0.3) is 0 Å². The normalized spacial score (nSPS) is 23.5. The summed E-state index contributed by atoms with van der Waals surface area (Å²) in [5.74, 6) is 0.853. The molecule has 1 aromatic rings. The van der Waals surface area contributed by atoms with E-state index in [0.29, 0.717) is 22.5 Å². The SMILES string of the molecule is O=C(c1cc(Cl)cc(Br)c1)N1CCCC1C1CCCC1. The molecule has 1 aromatic carbocycles. The predicted octanol–water partition coefficient (Wildman–Crippen LogP) is 4.90. The maximum atomic E-state index is 12.8. The highest BCUT2D eigenvalue weighted by atomic mass is 79.9. The first-order valence-corrected chi connectivity index (χ1v) is 8.59. The Hall–Kier alpha value is -0.540. The smallest absolute Gasteiger partial charge is 0.254 e.